The average Bonchev–Trinajstić information content (AvgIpc) is 3.05. The number of nitrogens with one attached hydrogen (secondary N) is 1. The van der Waals surface area contributed by atoms with Crippen LogP contribution in [-0.4, -0.2) is 87.5 Å². The number of hydrogen-bond donors (Lipinski definition) is 6. The fraction of sp³-hybridized carbons (Fsp3) is 0.865. The summed E-state index contributed by atoms with van der Waals surface area (Å²) in [7, 11) is 0. The summed E-state index contributed by atoms with van der Waals surface area (Å²) >= 11 is 0. The molecule has 1 aliphatic rings. The molecule has 0 aromatic heterocycles. The van der Waals surface area contributed by atoms with E-state index in [9.17, 15) is 30.3 Å². The van der Waals surface area contributed by atoms with E-state index in [2.05, 4.69) is 43.5 Å². The van der Waals surface area contributed by atoms with E-state index in [0.717, 1.165) is 64.2 Å². The lowest BCUT2D eigenvalue weighted by Gasteiger charge is -2.40. The number of unbranched alkanes of at least 4 members (excludes halogenated alkanes) is 15. The van der Waals surface area contributed by atoms with Gasteiger partial charge in [0.25, 0.3) is 0 Å². The highest BCUT2D eigenvalue weighted by atomic mass is 16.7. The Labute approximate surface area is 279 Å². The van der Waals surface area contributed by atoms with E-state index in [1.54, 1.807) is 0 Å². The highest BCUT2D eigenvalue weighted by molar-refractivity contribution is 5.76. The molecule has 0 aromatic carbocycles. The summed E-state index contributed by atoms with van der Waals surface area (Å²) in [5.74, 6) is -0.163. The van der Waals surface area contributed by atoms with Crippen LogP contribution in [0.1, 0.15) is 149 Å². The third-order valence-electron chi connectivity index (χ3n) is 8.81. The van der Waals surface area contributed by atoms with Crippen LogP contribution in [0.5, 0.6) is 0 Å². The SMILES string of the molecule is CCCC/C=C\C/C=C\CCCCCCCC(=O)NC(COC1OC(CO)C(O)C(O)C1O)C(O)CCCCCCCCCCC. The van der Waals surface area contributed by atoms with E-state index in [4.69, 9.17) is 9.47 Å². The van der Waals surface area contributed by atoms with Crippen LogP contribution < -0.4 is 5.32 Å². The van der Waals surface area contributed by atoms with Crippen LogP contribution in [0.15, 0.2) is 24.3 Å². The van der Waals surface area contributed by atoms with Crippen molar-refractivity contribution in [3.63, 3.8) is 0 Å². The number of carbonyl (C=O) groups excluding carboxylic acids is 1. The first-order chi connectivity index (χ1) is 22.3. The van der Waals surface area contributed by atoms with Crippen LogP contribution in [0, 0.1) is 0 Å². The Morgan fingerprint density at radius 1 is 0.739 bits per heavy atom. The quantitative estimate of drug-likeness (QED) is 0.0425. The van der Waals surface area contributed by atoms with Crippen LogP contribution in [0.25, 0.3) is 0 Å². The predicted molar refractivity (Wildman–Crippen MR) is 184 cm³/mol. The van der Waals surface area contributed by atoms with Gasteiger partial charge in [-0.15, -0.1) is 0 Å². The minimum absolute atomic E-state index is 0.144. The van der Waals surface area contributed by atoms with Gasteiger partial charge in [-0.05, 0) is 38.5 Å². The van der Waals surface area contributed by atoms with Crippen molar-refractivity contribution in [1.29, 1.82) is 0 Å². The lowest BCUT2D eigenvalue weighted by atomic mass is 9.99. The first-order valence-electron chi connectivity index (χ1n) is 18.5. The number of hydrogen-bond acceptors (Lipinski definition) is 8. The average molecular weight is 656 g/mol. The number of ether oxygens (including phenoxy) is 2. The molecule has 0 bridgehead atoms. The van der Waals surface area contributed by atoms with E-state index in [1.165, 1.54) is 57.8 Å². The van der Waals surface area contributed by atoms with Crippen LogP contribution >= 0.6 is 0 Å². The summed E-state index contributed by atoms with van der Waals surface area (Å²) in [6.45, 7) is 3.72. The van der Waals surface area contributed by atoms with Crippen molar-refractivity contribution in [1.82, 2.24) is 5.32 Å². The van der Waals surface area contributed by atoms with Gasteiger partial charge in [-0.1, -0.05) is 128 Å². The van der Waals surface area contributed by atoms with E-state index in [1.807, 2.05) is 0 Å². The molecule has 9 heteroatoms. The Bertz CT molecular complexity index is 776. The molecule has 0 aliphatic carbocycles. The topological polar surface area (TPSA) is 149 Å². The van der Waals surface area contributed by atoms with Crippen LogP contribution in [0.3, 0.4) is 0 Å². The molecule has 1 aliphatic heterocycles. The molecule has 0 spiro atoms. The van der Waals surface area contributed by atoms with Gasteiger partial charge in [0.15, 0.2) is 6.29 Å². The first-order valence-corrected chi connectivity index (χ1v) is 18.5. The Morgan fingerprint density at radius 3 is 1.93 bits per heavy atom. The molecule has 7 unspecified atom stereocenters. The zero-order valence-electron chi connectivity index (χ0n) is 29.1. The molecule has 6 N–H and O–H groups in total. The van der Waals surface area contributed by atoms with Gasteiger partial charge in [-0.3, -0.25) is 4.79 Å². The minimum Gasteiger partial charge on any atom is -0.394 e. The number of aliphatic hydroxyl groups is 5. The van der Waals surface area contributed by atoms with Crippen molar-refractivity contribution in [2.45, 2.75) is 192 Å². The Hall–Kier alpha value is -1.33. The van der Waals surface area contributed by atoms with Gasteiger partial charge in [0, 0.05) is 6.42 Å². The molecule has 1 rings (SSSR count). The molecule has 0 saturated carbocycles. The summed E-state index contributed by atoms with van der Waals surface area (Å²) in [5.41, 5.74) is 0. The smallest absolute Gasteiger partial charge is 0.220 e. The zero-order chi connectivity index (χ0) is 33.8. The number of allylic oxidation sites excluding steroid dienone is 4. The fourth-order valence-electron chi connectivity index (χ4n) is 5.70. The van der Waals surface area contributed by atoms with Gasteiger partial charge in [-0.25, -0.2) is 0 Å². The number of carbonyl (C=O) groups is 1. The van der Waals surface area contributed by atoms with Gasteiger partial charge < -0.3 is 40.3 Å². The van der Waals surface area contributed by atoms with Gasteiger partial charge in [0.2, 0.25) is 5.91 Å². The predicted octanol–water partition coefficient (Wildman–Crippen LogP) is 5.99. The molecule has 0 aromatic rings. The molecule has 1 saturated heterocycles. The standard InChI is InChI=1S/C37H69NO8/c1-3-5-7-9-11-13-14-15-16-17-19-21-23-25-27-33(41)38-30(31(40)26-24-22-20-18-12-10-8-6-4-2)29-45-37-36(44)35(43)34(42)32(28-39)46-37/h9,11,14-15,30-32,34-37,39-40,42-44H,3-8,10,12-13,16-29H2,1-2H3,(H,38,41)/b11-9-,15-14-. The van der Waals surface area contributed by atoms with E-state index < -0.39 is 49.5 Å². The zero-order valence-corrected chi connectivity index (χ0v) is 29.1. The van der Waals surface area contributed by atoms with E-state index in [-0.39, 0.29) is 12.5 Å². The van der Waals surface area contributed by atoms with Crippen LogP contribution in [0.2, 0.25) is 0 Å². The molecule has 270 valence electrons. The molecule has 1 fully saturated rings. The lowest BCUT2D eigenvalue weighted by Crippen LogP contribution is -2.60. The van der Waals surface area contributed by atoms with E-state index >= 15 is 0 Å². The van der Waals surface area contributed by atoms with Crippen molar-refractivity contribution in [3.8, 4) is 0 Å². The summed E-state index contributed by atoms with van der Waals surface area (Å²) in [6.07, 6.45) is 23.3. The third kappa shape index (κ3) is 20.1. The van der Waals surface area contributed by atoms with Gasteiger partial charge >= 0.3 is 0 Å². The molecule has 0 radical (unpaired) electrons. The van der Waals surface area contributed by atoms with Crippen LogP contribution in [0.4, 0.5) is 0 Å². The van der Waals surface area contributed by atoms with Gasteiger partial charge in [-0.2, -0.15) is 0 Å². The second-order valence-corrected chi connectivity index (χ2v) is 13.0. The largest absolute Gasteiger partial charge is 0.394 e. The molecule has 1 amide bonds. The van der Waals surface area contributed by atoms with Gasteiger partial charge in [0.1, 0.15) is 24.4 Å². The van der Waals surface area contributed by atoms with Crippen LogP contribution in [-0.2, 0) is 14.3 Å². The molecular formula is C37H69NO8. The second-order valence-electron chi connectivity index (χ2n) is 13.0. The van der Waals surface area contributed by atoms with Crippen molar-refractivity contribution < 1.29 is 39.8 Å². The molecule has 1 heterocycles. The Kier molecular flexibility index (Phi) is 26.6. The van der Waals surface area contributed by atoms with Crippen molar-refractivity contribution in [3.05, 3.63) is 24.3 Å². The number of rotatable bonds is 29. The van der Waals surface area contributed by atoms with Crippen molar-refractivity contribution >= 4 is 5.91 Å². The molecular weight excluding hydrogens is 586 g/mol. The van der Waals surface area contributed by atoms with Crippen molar-refractivity contribution in [2.75, 3.05) is 13.2 Å². The van der Waals surface area contributed by atoms with E-state index in [0.29, 0.717) is 12.8 Å². The maximum Gasteiger partial charge on any atom is 0.220 e. The summed E-state index contributed by atoms with van der Waals surface area (Å²) < 4.78 is 11.2. The summed E-state index contributed by atoms with van der Waals surface area (Å²) in [5, 5.41) is 53.9. The normalized spacial score (nSPS) is 23.3. The van der Waals surface area contributed by atoms with Crippen molar-refractivity contribution in [2.24, 2.45) is 0 Å². The number of aliphatic hydroxyl groups excluding tert-OH is 5. The summed E-state index contributed by atoms with van der Waals surface area (Å²) in [4.78, 5) is 12.8. The maximum absolute atomic E-state index is 12.8. The first kappa shape index (κ1) is 42.7. The lowest BCUT2D eigenvalue weighted by molar-refractivity contribution is -0.302. The molecule has 46 heavy (non-hydrogen) atoms. The minimum atomic E-state index is -1.55. The monoisotopic (exact) mass is 656 g/mol. The highest BCUT2D eigenvalue weighted by Crippen LogP contribution is 2.23. The third-order valence-corrected chi connectivity index (χ3v) is 8.81. The second kappa shape index (κ2) is 28.7. The molecule has 9 nitrogen and oxygen atoms in total. The highest BCUT2D eigenvalue weighted by Gasteiger charge is 2.44. The maximum atomic E-state index is 12.8. The Balaban J connectivity index is 2.44. The fourth-order valence-corrected chi connectivity index (χ4v) is 5.70. The molecule has 7 atom stereocenters. The number of amides is 1. The van der Waals surface area contributed by atoms with Gasteiger partial charge in [0.05, 0.1) is 25.4 Å². The summed E-state index contributed by atoms with van der Waals surface area (Å²) in [6, 6.07) is -0.720. The Morgan fingerprint density at radius 2 is 1.30 bits per heavy atom.